The Morgan fingerprint density at radius 3 is 2.45 bits per heavy atom. The summed E-state index contributed by atoms with van der Waals surface area (Å²) in [5.74, 6) is 0. The van der Waals surface area contributed by atoms with E-state index in [1.165, 1.54) is 0 Å². The van der Waals surface area contributed by atoms with Gasteiger partial charge in [0.05, 0.1) is 13.2 Å². The molecule has 0 bridgehead atoms. The van der Waals surface area contributed by atoms with Crippen LogP contribution in [-0.4, -0.2) is 46.4 Å². The van der Waals surface area contributed by atoms with Gasteiger partial charge in [-0.05, 0) is 31.0 Å². The van der Waals surface area contributed by atoms with Crippen LogP contribution >= 0.6 is 0 Å². The van der Waals surface area contributed by atoms with E-state index in [9.17, 15) is 4.79 Å². The van der Waals surface area contributed by atoms with Gasteiger partial charge < -0.3 is 15.2 Å². The molecular weight excluding hydrogens is 280 g/mol. The molecule has 0 spiro atoms. The Kier molecular flexibility index (Phi) is 5.71. The summed E-state index contributed by atoms with van der Waals surface area (Å²) in [6, 6.07) is 5.92. The van der Waals surface area contributed by atoms with Crippen LogP contribution in [0.4, 0.5) is 0 Å². The van der Waals surface area contributed by atoms with Gasteiger partial charge in [-0.1, -0.05) is 13.0 Å². The number of benzene rings is 1. The average molecular weight is 304 g/mol. The predicted octanol–water partition coefficient (Wildman–Crippen LogP) is 1.19. The SMILES string of the molecule is CCc1ccc2[nH]c(C)c(CN(CCO)CCO)c(=O)c2c1. The Morgan fingerprint density at radius 2 is 1.86 bits per heavy atom. The minimum Gasteiger partial charge on any atom is -0.395 e. The highest BCUT2D eigenvalue weighted by Gasteiger charge is 2.13. The summed E-state index contributed by atoms with van der Waals surface area (Å²) < 4.78 is 0. The Hall–Kier alpha value is -1.69. The average Bonchev–Trinajstić information content (AvgIpc) is 2.51. The molecule has 3 N–H and O–H groups in total. The molecule has 0 atom stereocenters. The number of nitrogens with zero attached hydrogens (tertiary/aromatic N) is 1. The highest BCUT2D eigenvalue weighted by atomic mass is 16.3. The van der Waals surface area contributed by atoms with E-state index in [-0.39, 0.29) is 18.6 Å². The second-order valence-corrected chi connectivity index (χ2v) is 5.51. The molecule has 0 unspecified atom stereocenters. The number of aromatic amines is 1. The summed E-state index contributed by atoms with van der Waals surface area (Å²) in [7, 11) is 0. The van der Waals surface area contributed by atoms with Crippen molar-refractivity contribution in [3.63, 3.8) is 0 Å². The fraction of sp³-hybridized carbons (Fsp3) is 0.471. The highest BCUT2D eigenvalue weighted by Crippen LogP contribution is 2.15. The summed E-state index contributed by atoms with van der Waals surface area (Å²) in [5.41, 5.74) is 3.54. The number of aromatic nitrogens is 1. The molecule has 1 heterocycles. The molecule has 5 heteroatoms. The molecule has 1 aromatic heterocycles. The lowest BCUT2D eigenvalue weighted by molar-refractivity contribution is 0.155. The van der Waals surface area contributed by atoms with Crippen molar-refractivity contribution in [3.8, 4) is 0 Å². The fourth-order valence-electron chi connectivity index (χ4n) is 2.69. The predicted molar refractivity (Wildman–Crippen MR) is 88.1 cm³/mol. The normalized spacial score (nSPS) is 11.5. The number of rotatable bonds is 7. The van der Waals surface area contributed by atoms with Crippen molar-refractivity contribution in [3.05, 3.63) is 45.2 Å². The first-order valence-electron chi connectivity index (χ1n) is 7.69. The van der Waals surface area contributed by atoms with Crippen LogP contribution in [0.2, 0.25) is 0 Å². The molecule has 120 valence electrons. The lowest BCUT2D eigenvalue weighted by Crippen LogP contribution is -2.32. The zero-order chi connectivity index (χ0) is 16.1. The number of hydrogen-bond donors (Lipinski definition) is 3. The quantitative estimate of drug-likeness (QED) is 0.718. The minimum absolute atomic E-state index is 0.00448. The van der Waals surface area contributed by atoms with Crippen molar-refractivity contribution >= 4 is 10.9 Å². The molecule has 0 aliphatic heterocycles. The number of aryl methyl sites for hydroxylation is 2. The third-order valence-electron chi connectivity index (χ3n) is 4.00. The van der Waals surface area contributed by atoms with Gasteiger partial charge in [-0.25, -0.2) is 0 Å². The van der Waals surface area contributed by atoms with Crippen LogP contribution < -0.4 is 5.43 Å². The van der Waals surface area contributed by atoms with Crippen LogP contribution in [0.3, 0.4) is 0 Å². The lowest BCUT2D eigenvalue weighted by Gasteiger charge is -2.21. The maximum atomic E-state index is 12.8. The van der Waals surface area contributed by atoms with Crippen LogP contribution in [0.1, 0.15) is 23.7 Å². The maximum absolute atomic E-state index is 12.8. The van der Waals surface area contributed by atoms with Gasteiger partial charge in [-0.2, -0.15) is 0 Å². The third kappa shape index (κ3) is 3.55. The van der Waals surface area contributed by atoms with E-state index in [4.69, 9.17) is 10.2 Å². The number of fused-ring (bicyclic) bond motifs is 1. The van der Waals surface area contributed by atoms with Crippen molar-refractivity contribution in [2.45, 2.75) is 26.8 Å². The van der Waals surface area contributed by atoms with Gasteiger partial charge in [-0.15, -0.1) is 0 Å². The van der Waals surface area contributed by atoms with Gasteiger partial charge in [0.25, 0.3) is 0 Å². The summed E-state index contributed by atoms with van der Waals surface area (Å²) in [6.07, 6.45) is 0.889. The van der Waals surface area contributed by atoms with Gasteiger partial charge in [0.2, 0.25) is 0 Å². The molecule has 0 saturated carbocycles. The van der Waals surface area contributed by atoms with Crippen LogP contribution in [0.5, 0.6) is 0 Å². The highest BCUT2D eigenvalue weighted by molar-refractivity contribution is 5.80. The van der Waals surface area contributed by atoms with Crippen LogP contribution in [0, 0.1) is 6.92 Å². The number of H-pyrrole nitrogens is 1. The van der Waals surface area contributed by atoms with Gasteiger partial charge in [-0.3, -0.25) is 9.69 Å². The molecule has 22 heavy (non-hydrogen) atoms. The Morgan fingerprint density at radius 1 is 1.18 bits per heavy atom. The summed E-state index contributed by atoms with van der Waals surface area (Å²) >= 11 is 0. The second kappa shape index (κ2) is 7.54. The molecule has 2 aromatic rings. The second-order valence-electron chi connectivity index (χ2n) is 5.51. The molecular formula is C17H24N2O3. The van der Waals surface area contributed by atoms with Crippen molar-refractivity contribution < 1.29 is 10.2 Å². The molecule has 0 amide bonds. The van der Waals surface area contributed by atoms with E-state index < -0.39 is 0 Å². The molecule has 2 rings (SSSR count). The Bertz CT molecular complexity index is 688. The summed E-state index contributed by atoms with van der Waals surface area (Å²) in [5, 5.41) is 18.9. The molecule has 1 aromatic carbocycles. The summed E-state index contributed by atoms with van der Waals surface area (Å²) in [6.45, 7) is 5.26. The number of aliphatic hydroxyl groups excluding tert-OH is 2. The Labute approximate surface area is 130 Å². The number of nitrogens with one attached hydrogen (secondary N) is 1. The monoisotopic (exact) mass is 304 g/mol. The smallest absolute Gasteiger partial charge is 0.194 e. The molecule has 5 nitrogen and oxygen atoms in total. The molecule has 0 aliphatic carbocycles. The first-order valence-corrected chi connectivity index (χ1v) is 7.69. The van der Waals surface area contributed by atoms with Gasteiger partial charge >= 0.3 is 0 Å². The van der Waals surface area contributed by atoms with Crippen molar-refractivity contribution in [2.24, 2.45) is 0 Å². The summed E-state index contributed by atoms with van der Waals surface area (Å²) in [4.78, 5) is 18.0. The number of hydrogen-bond acceptors (Lipinski definition) is 4. The van der Waals surface area contributed by atoms with E-state index in [0.29, 0.717) is 30.6 Å². The van der Waals surface area contributed by atoms with Gasteiger partial charge in [0.15, 0.2) is 5.43 Å². The first kappa shape index (κ1) is 16.7. The molecule has 0 fully saturated rings. The number of aliphatic hydroxyl groups is 2. The van der Waals surface area contributed by atoms with E-state index in [0.717, 1.165) is 23.2 Å². The minimum atomic E-state index is 0.00448. The van der Waals surface area contributed by atoms with E-state index >= 15 is 0 Å². The van der Waals surface area contributed by atoms with Crippen LogP contribution in [0.25, 0.3) is 10.9 Å². The van der Waals surface area contributed by atoms with E-state index in [1.54, 1.807) is 0 Å². The van der Waals surface area contributed by atoms with E-state index in [1.807, 2.05) is 30.0 Å². The van der Waals surface area contributed by atoms with Crippen molar-refractivity contribution in [2.75, 3.05) is 26.3 Å². The fourth-order valence-corrected chi connectivity index (χ4v) is 2.69. The molecule has 0 saturated heterocycles. The largest absolute Gasteiger partial charge is 0.395 e. The van der Waals surface area contributed by atoms with E-state index in [2.05, 4.69) is 11.9 Å². The standard InChI is InChI=1S/C17H24N2O3/c1-3-13-4-5-16-14(10-13)17(22)15(12(2)18-16)11-19(6-8-20)7-9-21/h4-5,10,20-21H,3,6-9,11H2,1-2H3,(H,18,22). The van der Waals surface area contributed by atoms with Gasteiger partial charge in [0.1, 0.15) is 0 Å². The maximum Gasteiger partial charge on any atom is 0.194 e. The Balaban J connectivity index is 2.46. The van der Waals surface area contributed by atoms with Crippen LogP contribution in [0.15, 0.2) is 23.0 Å². The topological polar surface area (TPSA) is 76.6 Å². The first-order chi connectivity index (χ1) is 10.6. The van der Waals surface area contributed by atoms with Crippen molar-refractivity contribution in [1.82, 2.24) is 9.88 Å². The third-order valence-corrected chi connectivity index (χ3v) is 4.00. The molecule has 0 radical (unpaired) electrons. The van der Waals surface area contributed by atoms with Crippen LogP contribution in [-0.2, 0) is 13.0 Å². The zero-order valence-corrected chi connectivity index (χ0v) is 13.2. The number of pyridine rings is 1. The van der Waals surface area contributed by atoms with Crippen molar-refractivity contribution in [1.29, 1.82) is 0 Å². The van der Waals surface area contributed by atoms with Gasteiger partial charge in [0, 0.05) is 41.8 Å². The lowest BCUT2D eigenvalue weighted by atomic mass is 10.0. The zero-order valence-electron chi connectivity index (χ0n) is 13.2. The molecule has 0 aliphatic rings.